The van der Waals surface area contributed by atoms with Gasteiger partial charge in [-0.3, -0.25) is 4.90 Å². The van der Waals surface area contributed by atoms with Crippen LogP contribution in [0.4, 0.5) is 0 Å². The summed E-state index contributed by atoms with van der Waals surface area (Å²) < 4.78 is 0. The molecule has 3 unspecified atom stereocenters. The Bertz CT molecular complexity index is 409. The van der Waals surface area contributed by atoms with Crippen LogP contribution in [0.25, 0.3) is 0 Å². The van der Waals surface area contributed by atoms with Crippen LogP contribution in [0.15, 0.2) is 30.3 Å². The molecule has 0 saturated carbocycles. The second kappa shape index (κ2) is 6.97. The number of benzene rings is 1. The number of nitrogens with one attached hydrogen (secondary N) is 1. The third kappa shape index (κ3) is 3.57. The van der Waals surface area contributed by atoms with Crippen LogP contribution in [0.2, 0.25) is 0 Å². The molecule has 0 aromatic heterocycles. The Morgan fingerprint density at radius 3 is 2.70 bits per heavy atom. The Kier molecular flexibility index (Phi) is 5.53. The fourth-order valence-corrected chi connectivity index (χ4v) is 3.72. The van der Waals surface area contributed by atoms with E-state index in [1.54, 1.807) is 0 Å². The summed E-state index contributed by atoms with van der Waals surface area (Å²) in [6, 6.07) is 12.0. The minimum atomic E-state index is 0.248. The number of rotatable bonds is 5. The number of thioether (sulfide) groups is 1. The molecule has 2 rings (SSSR count). The highest BCUT2D eigenvalue weighted by molar-refractivity contribution is 7.98. The van der Waals surface area contributed by atoms with Gasteiger partial charge in [-0.25, -0.2) is 0 Å². The summed E-state index contributed by atoms with van der Waals surface area (Å²) in [5.41, 5.74) is 1.68. The average Bonchev–Trinajstić information content (AvgIpc) is 2.48. The van der Waals surface area contributed by atoms with E-state index in [1.165, 1.54) is 17.7 Å². The van der Waals surface area contributed by atoms with Crippen LogP contribution in [0.5, 0.6) is 0 Å². The molecular formula is C17H28N2S. The van der Waals surface area contributed by atoms with Crippen molar-refractivity contribution in [3.05, 3.63) is 35.9 Å². The van der Waals surface area contributed by atoms with E-state index in [0.717, 1.165) is 13.1 Å². The first-order valence-corrected chi connectivity index (χ1v) is 9.03. The Labute approximate surface area is 128 Å². The fraction of sp³-hybridized carbons (Fsp3) is 0.647. The lowest BCUT2D eigenvalue weighted by molar-refractivity contribution is 0.0590. The highest BCUT2D eigenvalue weighted by atomic mass is 32.2. The average molecular weight is 292 g/mol. The molecule has 20 heavy (non-hydrogen) atoms. The molecule has 1 aliphatic heterocycles. The van der Waals surface area contributed by atoms with Crippen LogP contribution in [0.1, 0.15) is 38.8 Å². The van der Waals surface area contributed by atoms with E-state index in [4.69, 9.17) is 0 Å². The number of nitrogens with zero attached hydrogens (tertiary/aromatic N) is 1. The standard InChI is InChI=1S/C17H28N2S/c1-5-17(3)13-19(14(2)12-20-4)16(11-18-17)15-9-7-6-8-10-15/h6-10,14,16,18H,5,11-13H2,1-4H3. The van der Waals surface area contributed by atoms with Crippen molar-refractivity contribution >= 4 is 11.8 Å². The second-order valence-corrected chi connectivity index (χ2v) is 7.11. The van der Waals surface area contributed by atoms with E-state index in [9.17, 15) is 0 Å². The highest BCUT2D eigenvalue weighted by Crippen LogP contribution is 2.30. The van der Waals surface area contributed by atoms with E-state index in [1.807, 2.05) is 11.8 Å². The van der Waals surface area contributed by atoms with Crippen molar-refractivity contribution in [3.63, 3.8) is 0 Å². The second-order valence-electron chi connectivity index (χ2n) is 6.20. The molecule has 3 atom stereocenters. The summed E-state index contributed by atoms with van der Waals surface area (Å²) in [6.07, 6.45) is 3.38. The quantitative estimate of drug-likeness (QED) is 0.893. The van der Waals surface area contributed by atoms with Crippen molar-refractivity contribution in [2.75, 3.05) is 25.1 Å². The van der Waals surface area contributed by atoms with E-state index >= 15 is 0 Å². The van der Waals surface area contributed by atoms with Gasteiger partial charge in [0.25, 0.3) is 0 Å². The maximum absolute atomic E-state index is 3.77. The first-order chi connectivity index (χ1) is 9.59. The Balaban J connectivity index is 2.21. The molecule has 1 saturated heterocycles. The van der Waals surface area contributed by atoms with Crippen LogP contribution in [-0.4, -0.2) is 41.6 Å². The van der Waals surface area contributed by atoms with Crippen molar-refractivity contribution in [2.24, 2.45) is 0 Å². The van der Waals surface area contributed by atoms with Crippen LogP contribution >= 0.6 is 11.8 Å². The normalized spacial score (nSPS) is 29.3. The lowest BCUT2D eigenvalue weighted by atomic mass is 9.90. The molecule has 0 spiro atoms. The van der Waals surface area contributed by atoms with Gasteiger partial charge in [-0.2, -0.15) is 11.8 Å². The van der Waals surface area contributed by atoms with Gasteiger partial charge in [0.2, 0.25) is 0 Å². The van der Waals surface area contributed by atoms with Gasteiger partial charge >= 0.3 is 0 Å². The molecule has 0 amide bonds. The predicted molar refractivity (Wildman–Crippen MR) is 90.4 cm³/mol. The molecule has 3 heteroatoms. The molecular weight excluding hydrogens is 264 g/mol. The number of hydrogen-bond donors (Lipinski definition) is 1. The molecule has 1 aromatic rings. The summed E-state index contributed by atoms with van der Waals surface area (Å²) in [7, 11) is 0. The third-order valence-corrected chi connectivity index (χ3v) is 5.41. The van der Waals surface area contributed by atoms with Crippen LogP contribution in [0.3, 0.4) is 0 Å². The Hall–Kier alpha value is -0.510. The van der Waals surface area contributed by atoms with E-state index < -0.39 is 0 Å². The number of hydrogen-bond acceptors (Lipinski definition) is 3. The van der Waals surface area contributed by atoms with Gasteiger partial charge in [-0.1, -0.05) is 37.3 Å². The Morgan fingerprint density at radius 2 is 2.10 bits per heavy atom. The zero-order valence-electron chi connectivity index (χ0n) is 13.2. The summed E-state index contributed by atoms with van der Waals surface area (Å²) in [6.45, 7) is 9.19. The third-order valence-electron chi connectivity index (χ3n) is 4.59. The van der Waals surface area contributed by atoms with E-state index in [-0.39, 0.29) is 5.54 Å². The van der Waals surface area contributed by atoms with Crippen LogP contribution in [0, 0.1) is 0 Å². The molecule has 1 fully saturated rings. The molecule has 0 bridgehead atoms. The van der Waals surface area contributed by atoms with Gasteiger partial charge in [-0.05, 0) is 32.1 Å². The molecule has 0 aliphatic carbocycles. The van der Waals surface area contributed by atoms with Gasteiger partial charge in [0.15, 0.2) is 0 Å². The lowest BCUT2D eigenvalue weighted by Gasteiger charge is -2.48. The van der Waals surface area contributed by atoms with Crippen molar-refractivity contribution in [1.29, 1.82) is 0 Å². The summed E-state index contributed by atoms with van der Waals surface area (Å²) in [5, 5.41) is 3.77. The van der Waals surface area contributed by atoms with E-state index in [2.05, 4.69) is 67.6 Å². The first-order valence-electron chi connectivity index (χ1n) is 7.64. The van der Waals surface area contributed by atoms with Crippen LogP contribution < -0.4 is 5.32 Å². The minimum absolute atomic E-state index is 0.248. The van der Waals surface area contributed by atoms with Gasteiger partial charge in [-0.15, -0.1) is 0 Å². The highest BCUT2D eigenvalue weighted by Gasteiger charge is 2.37. The van der Waals surface area contributed by atoms with Gasteiger partial charge in [0, 0.05) is 36.5 Å². The van der Waals surface area contributed by atoms with Crippen molar-refractivity contribution < 1.29 is 0 Å². The van der Waals surface area contributed by atoms with Crippen molar-refractivity contribution in [3.8, 4) is 0 Å². The monoisotopic (exact) mass is 292 g/mol. The maximum Gasteiger partial charge on any atom is 0.0476 e. The molecule has 1 aromatic carbocycles. The maximum atomic E-state index is 3.77. The van der Waals surface area contributed by atoms with Crippen LogP contribution in [-0.2, 0) is 0 Å². The number of piperazine rings is 1. The summed E-state index contributed by atoms with van der Waals surface area (Å²) in [5.74, 6) is 1.20. The molecule has 1 N–H and O–H groups in total. The van der Waals surface area contributed by atoms with E-state index in [0.29, 0.717) is 12.1 Å². The molecule has 0 radical (unpaired) electrons. The first kappa shape index (κ1) is 15.9. The van der Waals surface area contributed by atoms with Gasteiger partial charge in [0.05, 0.1) is 0 Å². The predicted octanol–water partition coefficient (Wildman–Crippen LogP) is 3.55. The molecule has 112 valence electrons. The molecule has 1 aliphatic rings. The largest absolute Gasteiger partial charge is 0.308 e. The SMILES string of the molecule is CCC1(C)CN(C(C)CSC)C(c2ccccc2)CN1. The lowest BCUT2D eigenvalue weighted by Crippen LogP contribution is -2.61. The molecule has 1 heterocycles. The Morgan fingerprint density at radius 1 is 1.40 bits per heavy atom. The minimum Gasteiger partial charge on any atom is -0.308 e. The van der Waals surface area contributed by atoms with Crippen molar-refractivity contribution in [1.82, 2.24) is 10.2 Å². The summed E-state index contributed by atoms with van der Waals surface area (Å²) >= 11 is 1.95. The fourth-order valence-electron chi connectivity index (χ4n) is 3.05. The van der Waals surface area contributed by atoms with Crippen molar-refractivity contribution in [2.45, 2.75) is 44.8 Å². The zero-order valence-corrected chi connectivity index (χ0v) is 14.0. The topological polar surface area (TPSA) is 15.3 Å². The van der Waals surface area contributed by atoms with Gasteiger partial charge < -0.3 is 5.32 Å². The zero-order chi connectivity index (χ0) is 14.6. The molecule has 2 nitrogen and oxygen atoms in total. The smallest absolute Gasteiger partial charge is 0.0476 e. The summed E-state index contributed by atoms with van der Waals surface area (Å²) in [4.78, 5) is 2.70. The van der Waals surface area contributed by atoms with Gasteiger partial charge in [0.1, 0.15) is 0 Å².